The van der Waals surface area contributed by atoms with Gasteiger partial charge >= 0.3 is 6.03 Å². The molecule has 2 amide bonds. The number of benzene rings is 1. The summed E-state index contributed by atoms with van der Waals surface area (Å²) in [5.74, 6) is -4.59. The van der Waals surface area contributed by atoms with Crippen LogP contribution in [0.1, 0.15) is 13.3 Å². The van der Waals surface area contributed by atoms with Gasteiger partial charge in [-0.15, -0.1) is 0 Å². The fraction of sp³-hybridized carbons (Fsp3) is 0.273. The van der Waals surface area contributed by atoms with Crippen LogP contribution in [0, 0.1) is 17.5 Å². The second kappa shape index (κ2) is 6.04. The SMILES string of the molecule is CC(=O)CCNC(=O)Nc1ccc(F)c(F)c1F. The van der Waals surface area contributed by atoms with Crippen molar-refractivity contribution in [1.29, 1.82) is 0 Å². The first-order valence-corrected chi connectivity index (χ1v) is 5.09. The molecule has 0 aliphatic heterocycles. The van der Waals surface area contributed by atoms with Crippen molar-refractivity contribution >= 4 is 17.5 Å². The summed E-state index contributed by atoms with van der Waals surface area (Å²) < 4.78 is 38.6. The molecule has 7 heteroatoms. The Morgan fingerprint density at radius 1 is 1.17 bits per heavy atom. The van der Waals surface area contributed by atoms with Gasteiger partial charge in [-0.1, -0.05) is 0 Å². The first-order valence-electron chi connectivity index (χ1n) is 5.09. The minimum Gasteiger partial charge on any atom is -0.337 e. The fourth-order valence-corrected chi connectivity index (χ4v) is 1.14. The van der Waals surface area contributed by atoms with Crippen molar-refractivity contribution in [3.05, 3.63) is 29.6 Å². The van der Waals surface area contributed by atoms with Crippen LogP contribution in [0.15, 0.2) is 12.1 Å². The van der Waals surface area contributed by atoms with Crippen molar-refractivity contribution in [2.75, 3.05) is 11.9 Å². The first-order chi connectivity index (χ1) is 8.41. The van der Waals surface area contributed by atoms with Gasteiger partial charge in [-0.2, -0.15) is 0 Å². The van der Waals surface area contributed by atoms with E-state index < -0.39 is 29.2 Å². The van der Waals surface area contributed by atoms with Crippen molar-refractivity contribution in [3.63, 3.8) is 0 Å². The molecule has 0 fully saturated rings. The van der Waals surface area contributed by atoms with Crippen LogP contribution in [0.3, 0.4) is 0 Å². The Labute approximate surface area is 101 Å². The van der Waals surface area contributed by atoms with Crippen LogP contribution in [-0.4, -0.2) is 18.4 Å². The minimum absolute atomic E-state index is 0.0759. The molecule has 18 heavy (non-hydrogen) atoms. The van der Waals surface area contributed by atoms with E-state index in [1.807, 2.05) is 5.32 Å². The highest BCUT2D eigenvalue weighted by Crippen LogP contribution is 2.19. The Morgan fingerprint density at radius 2 is 1.83 bits per heavy atom. The van der Waals surface area contributed by atoms with Crippen molar-refractivity contribution in [2.24, 2.45) is 0 Å². The van der Waals surface area contributed by atoms with Crippen LogP contribution in [0.2, 0.25) is 0 Å². The van der Waals surface area contributed by atoms with Gasteiger partial charge in [0.1, 0.15) is 5.78 Å². The molecule has 0 radical (unpaired) electrons. The highest BCUT2D eigenvalue weighted by molar-refractivity contribution is 5.89. The lowest BCUT2D eigenvalue weighted by Gasteiger charge is -2.08. The molecule has 0 atom stereocenters. The third-order valence-electron chi connectivity index (χ3n) is 2.05. The molecule has 0 spiro atoms. The normalized spacial score (nSPS) is 10.0. The Hall–Kier alpha value is -2.05. The predicted molar refractivity (Wildman–Crippen MR) is 58.6 cm³/mol. The molecule has 1 rings (SSSR count). The monoisotopic (exact) mass is 260 g/mol. The van der Waals surface area contributed by atoms with Gasteiger partial charge in [-0.3, -0.25) is 4.79 Å². The number of carbonyl (C=O) groups excluding carboxylic acids is 2. The number of urea groups is 1. The summed E-state index contributed by atoms with van der Waals surface area (Å²) in [7, 11) is 0. The van der Waals surface area contributed by atoms with Crippen molar-refractivity contribution < 1.29 is 22.8 Å². The molecule has 4 nitrogen and oxygen atoms in total. The lowest BCUT2D eigenvalue weighted by Crippen LogP contribution is -2.30. The van der Waals surface area contributed by atoms with Crippen LogP contribution in [0.5, 0.6) is 0 Å². The first kappa shape index (κ1) is 14.0. The maximum absolute atomic E-state index is 13.2. The van der Waals surface area contributed by atoms with Gasteiger partial charge in [0.2, 0.25) is 0 Å². The third kappa shape index (κ3) is 3.76. The molecule has 2 N–H and O–H groups in total. The number of rotatable bonds is 4. The highest BCUT2D eigenvalue weighted by Gasteiger charge is 2.14. The molecular formula is C11H11F3N2O2. The molecule has 98 valence electrons. The van der Waals surface area contributed by atoms with E-state index in [4.69, 9.17) is 0 Å². The maximum Gasteiger partial charge on any atom is 0.319 e. The summed E-state index contributed by atoms with van der Waals surface area (Å²) in [5.41, 5.74) is -0.478. The number of hydrogen-bond donors (Lipinski definition) is 2. The number of Topliss-reactive ketones (excluding diaryl/α,β-unsaturated/α-hetero) is 1. The third-order valence-corrected chi connectivity index (χ3v) is 2.05. The zero-order valence-corrected chi connectivity index (χ0v) is 9.52. The van der Waals surface area contributed by atoms with Crippen LogP contribution < -0.4 is 10.6 Å². The number of hydrogen-bond acceptors (Lipinski definition) is 2. The summed E-state index contributed by atoms with van der Waals surface area (Å²) in [5, 5.41) is 4.28. The molecule has 0 unspecified atom stereocenters. The van der Waals surface area contributed by atoms with Crippen molar-refractivity contribution in [2.45, 2.75) is 13.3 Å². The smallest absolute Gasteiger partial charge is 0.319 e. The fourth-order valence-electron chi connectivity index (χ4n) is 1.14. The van der Waals surface area contributed by atoms with E-state index in [2.05, 4.69) is 5.32 Å². The van der Waals surface area contributed by atoms with Gasteiger partial charge in [-0.05, 0) is 19.1 Å². The van der Waals surface area contributed by atoms with Gasteiger partial charge < -0.3 is 10.6 Å². The van der Waals surface area contributed by atoms with E-state index >= 15 is 0 Å². The standard InChI is InChI=1S/C11H11F3N2O2/c1-6(17)4-5-15-11(18)16-8-3-2-7(12)9(13)10(8)14/h2-3H,4-5H2,1H3,(H2,15,16,18). The quantitative estimate of drug-likeness (QED) is 0.815. The Balaban J connectivity index is 2.60. The minimum atomic E-state index is -1.66. The van der Waals surface area contributed by atoms with E-state index in [1.54, 1.807) is 0 Å². The van der Waals surface area contributed by atoms with Crippen molar-refractivity contribution in [1.82, 2.24) is 5.32 Å². The number of carbonyl (C=O) groups is 2. The summed E-state index contributed by atoms with van der Waals surface area (Å²) in [6.45, 7) is 1.43. The molecule has 0 aliphatic carbocycles. The summed E-state index contributed by atoms with van der Waals surface area (Å²) in [4.78, 5) is 21.8. The zero-order valence-electron chi connectivity index (χ0n) is 9.52. The van der Waals surface area contributed by atoms with E-state index in [1.165, 1.54) is 6.92 Å². The average molecular weight is 260 g/mol. The molecule has 0 saturated carbocycles. The maximum atomic E-state index is 13.2. The number of amides is 2. The van der Waals surface area contributed by atoms with E-state index in [9.17, 15) is 22.8 Å². The topological polar surface area (TPSA) is 58.2 Å². The molecular weight excluding hydrogens is 249 g/mol. The molecule has 1 aromatic carbocycles. The van der Waals surface area contributed by atoms with Crippen LogP contribution in [0.25, 0.3) is 0 Å². The lowest BCUT2D eigenvalue weighted by molar-refractivity contribution is -0.116. The molecule has 0 aliphatic rings. The van der Waals surface area contributed by atoms with E-state index in [-0.39, 0.29) is 18.7 Å². The van der Waals surface area contributed by atoms with Crippen LogP contribution in [-0.2, 0) is 4.79 Å². The predicted octanol–water partition coefficient (Wildman–Crippen LogP) is 2.20. The zero-order chi connectivity index (χ0) is 13.7. The second-order valence-corrected chi connectivity index (χ2v) is 3.56. The number of halogens is 3. The number of ketones is 1. The average Bonchev–Trinajstić information content (AvgIpc) is 2.29. The van der Waals surface area contributed by atoms with Gasteiger partial charge in [0.05, 0.1) is 5.69 Å². The molecule has 0 saturated heterocycles. The molecule has 0 heterocycles. The number of anilines is 1. The lowest BCUT2D eigenvalue weighted by atomic mass is 10.3. The molecule has 0 aromatic heterocycles. The van der Waals surface area contributed by atoms with Gasteiger partial charge in [-0.25, -0.2) is 18.0 Å². The van der Waals surface area contributed by atoms with Gasteiger partial charge in [0, 0.05) is 13.0 Å². The summed E-state index contributed by atoms with van der Waals surface area (Å²) in [6.07, 6.45) is 0.133. The molecule has 1 aromatic rings. The van der Waals surface area contributed by atoms with E-state index in [0.717, 1.165) is 6.07 Å². The van der Waals surface area contributed by atoms with Crippen molar-refractivity contribution in [3.8, 4) is 0 Å². The molecule has 0 bridgehead atoms. The highest BCUT2D eigenvalue weighted by atomic mass is 19.2. The van der Waals surface area contributed by atoms with Crippen LogP contribution >= 0.6 is 0 Å². The Kier molecular flexibility index (Phi) is 4.70. The Bertz CT molecular complexity index is 478. The summed E-state index contributed by atoms with van der Waals surface area (Å²) in [6, 6.07) is 0.795. The van der Waals surface area contributed by atoms with Crippen LogP contribution in [0.4, 0.5) is 23.7 Å². The largest absolute Gasteiger partial charge is 0.337 e. The van der Waals surface area contributed by atoms with Gasteiger partial charge in [0.25, 0.3) is 0 Å². The van der Waals surface area contributed by atoms with Gasteiger partial charge in [0.15, 0.2) is 17.5 Å². The second-order valence-electron chi connectivity index (χ2n) is 3.56. The summed E-state index contributed by atoms with van der Waals surface area (Å²) >= 11 is 0. The van der Waals surface area contributed by atoms with E-state index in [0.29, 0.717) is 6.07 Å². The number of nitrogens with one attached hydrogen (secondary N) is 2. The Morgan fingerprint density at radius 3 is 2.44 bits per heavy atom.